The molecule has 2 saturated carbocycles. The molecule has 3 fully saturated rings. The molecule has 1 spiro atoms. The van der Waals surface area contributed by atoms with E-state index in [0.717, 1.165) is 34.6 Å². The van der Waals surface area contributed by atoms with Gasteiger partial charge >= 0.3 is 41.8 Å². The molecule has 2 aliphatic carbocycles. The molecule has 1 aromatic heterocycles. The number of benzene rings is 1. The molecule has 0 amide bonds. The zero-order valence-corrected chi connectivity index (χ0v) is 33.5. The van der Waals surface area contributed by atoms with Crippen LogP contribution in [0.15, 0.2) is 48.7 Å². The summed E-state index contributed by atoms with van der Waals surface area (Å²) in [7, 11) is 0. The Kier molecular flexibility index (Phi) is 11.7. The van der Waals surface area contributed by atoms with Gasteiger partial charge in [-0.2, -0.15) is 0 Å². The highest BCUT2D eigenvalue weighted by Gasteiger charge is 2.91. The molecule has 4 aliphatic rings. The van der Waals surface area contributed by atoms with Crippen LogP contribution in [0.3, 0.4) is 0 Å². The summed E-state index contributed by atoms with van der Waals surface area (Å²) in [6.07, 6.45) is -10.6. The number of ether oxygens (including phenoxy) is 8. The Morgan fingerprint density at radius 3 is 2.10 bits per heavy atom. The molecular formula is C41H47NO17. The molecule has 3 heterocycles. The van der Waals surface area contributed by atoms with Crippen molar-refractivity contribution in [2.24, 2.45) is 17.3 Å². The van der Waals surface area contributed by atoms with E-state index in [4.69, 9.17) is 37.9 Å². The number of esters is 7. The highest BCUT2D eigenvalue weighted by atomic mass is 16.7. The first-order valence-corrected chi connectivity index (χ1v) is 19.0. The van der Waals surface area contributed by atoms with Gasteiger partial charge in [0.2, 0.25) is 0 Å². The van der Waals surface area contributed by atoms with Crippen LogP contribution in [0.2, 0.25) is 0 Å². The van der Waals surface area contributed by atoms with Gasteiger partial charge in [0, 0.05) is 33.9 Å². The summed E-state index contributed by atoms with van der Waals surface area (Å²) in [5, 5.41) is 26.3. The summed E-state index contributed by atoms with van der Waals surface area (Å²) in [6.45, 7) is 6.23. The lowest BCUT2D eigenvalue weighted by Crippen LogP contribution is -2.89. The lowest BCUT2D eigenvalue weighted by molar-refractivity contribution is -0.385. The maximum atomic E-state index is 14.3. The van der Waals surface area contributed by atoms with Crippen molar-refractivity contribution >= 4 is 41.8 Å². The van der Waals surface area contributed by atoms with E-state index < -0.39 is 126 Å². The molecule has 2 aliphatic heterocycles. The van der Waals surface area contributed by atoms with E-state index in [9.17, 15) is 43.8 Å². The molecule has 318 valence electrons. The van der Waals surface area contributed by atoms with Crippen LogP contribution in [-0.2, 0) is 68.3 Å². The Morgan fingerprint density at radius 1 is 0.847 bits per heavy atom. The Labute approximate surface area is 338 Å². The Bertz CT molecular complexity index is 2020. The Morgan fingerprint density at radius 2 is 1.47 bits per heavy atom. The third-order valence-electron chi connectivity index (χ3n) is 11.8. The predicted molar refractivity (Wildman–Crippen MR) is 196 cm³/mol. The molecule has 4 bridgehead atoms. The fourth-order valence-corrected chi connectivity index (χ4v) is 9.45. The lowest BCUT2D eigenvalue weighted by Gasteiger charge is -2.67. The molecule has 6 rings (SSSR count). The van der Waals surface area contributed by atoms with E-state index in [1.165, 1.54) is 56.4 Å². The minimum atomic E-state index is -2.80. The number of pyridine rings is 1. The van der Waals surface area contributed by atoms with Crippen LogP contribution in [-0.4, -0.2) is 124 Å². The topological polar surface area (TPSA) is 247 Å². The van der Waals surface area contributed by atoms with Crippen LogP contribution in [0.25, 0.3) is 0 Å². The second-order valence-corrected chi connectivity index (χ2v) is 15.8. The van der Waals surface area contributed by atoms with E-state index in [0.29, 0.717) is 0 Å². The first-order valence-electron chi connectivity index (χ1n) is 19.0. The quantitative estimate of drug-likeness (QED) is 0.297. The van der Waals surface area contributed by atoms with Crippen molar-refractivity contribution in [2.75, 3.05) is 13.2 Å². The zero-order chi connectivity index (χ0) is 43.2. The highest BCUT2D eigenvalue weighted by Crippen LogP contribution is 2.69. The van der Waals surface area contributed by atoms with Crippen LogP contribution in [0.4, 0.5) is 0 Å². The summed E-state index contributed by atoms with van der Waals surface area (Å²) < 4.78 is 48.6. The second-order valence-electron chi connectivity index (χ2n) is 15.8. The van der Waals surface area contributed by atoms with Gasteiger partial charge < -0.3 is 48.1 Å². The van der Waals surface area contributed by atoms with Crippen molar-refractivity contribution < 1.29 is 81.7 Å². The fourth-order valence-electron chi connectivity index (χ4n) is 9.45. The molecule has 12 atom stereocenters. The number of aliphatic hydroxyl groups excluding tert-OH is 1. The fraction of sp³-hybridized carbons (Fsp3) is 0.561. The average molecular weight is 826 g/mol. The van der Waals surface area contributed by atoms with Gasteiger partial charge in [0.1, 0.15) is 41.5 Å². The van der Waals surface area contributed by atoms with Crippen molar-refractivity contribution in [1.29, 1.82) is 0 Å². The molecule has 1 saturated heterocycles. The Hall–Kier alpha value is -5.46. The van der Waals surface area contributed by atoms with Gasteiger partial charge in [-0.1, -0.05) is 25.1 Å². The molecular weight excluding hydrogens is 778 g/mol. The van der Waals surface area contributed by atoms with Crippen LogP contribution >= 0.6 is 0 Å². The number of aliphatic hydroxyl groups is 2. The second kappa shape index (κ2) is 16.0. The van der Waals surface area contributed by atoms with Crippen molar-refractivity contribution in [1.82, 2.24) is 4.98 Å². The number of fused-ring (bicyclic) bond motifs is 5. The van der Waals surface area contributed by atoms with E-state index in [-0.39, 0.29) is 29.7 Å². The molecule has 2 N–H and O–H groups in total. The van der Waals surface area contributed by atoms with Gasteiger partial charge in [0.05, 0.1) is 34.8 Å². The summed E-state index contributed by atoms with van der Waals surface area (Å²) in [4.78, 5) is 99.0. The van der Waals surface area contributed by atoms with Crippen molar-refractivity contribution in [3.8, 4) is 0 Å². The monoisotopic (exact) mass is 825 g/mol. The molecule has 18 heteroatoms. The van der Waals surface area contributed by atoms with Crippen molar-refractivity contribution in [3.05, 3.63) is 65.5 Å². The molecule has 0 radical (unpaired) electrons. The predicted octanol–water partition coefficient (Wildman–Crippen LogP) is 1.59. The molecule has 18 nitrogen and oxygen atoms in total. The lowest BCUT2D eigenvalue weighted by atomic mass is 9.45. The number of carbonyl (C=O) groups is 7. The van der Waals surface area contributed by atoms with E-state index in [2.05, 4.69) is 4.98 Å². The van der Waals surface area contributed by atoms with Crippen LogP contribution in [0.1, 0.15) is 81.3 Å². The van der Waals surface area contributed by atoms with E-state index in [1.54, 1.807) is 6.07 Å². The number of rotatable bonds is 7. The van der Waals surface area contributed by atoms with Gasteiger partial charge in [-0.05, 0) is 51.0 Å². The van der Waals surface area contributed by atoms with Crippen molar-refractivity contribution in [3.63, 3.8) is 0 Å². The van der Waals surface area contributed by atoms with Crippen molar-refractivity contribution in [2.45, 2.75) is 115 Å². The summed E-state index contributed by atoms with van der Waals surface area (Å²) in [5.41, 5.74) is -9.98. The van der Waals surface area contributed by atoms with Gasteiger partial charge in [0.25, 0.3) is 0 Å². The Balaban J connectivity index is 1.73. The maximum absolute atomic E-state index is 14.3. The van der Waals surface area contributed by atoms with E-state index >= 15 is 0 Å². The highest BCUT2D eigenvalue weighted by molar-refractivity contribution is 5.91. The zero-order valence-electron chi connectivity index (χ0n) is 33.5. The number of hydrogen-bond donors (Lipinski definition) is 2. The van der Waals surface area contributed by atoms with Gasteiger partial charge in [-0.25, -0.2) is 9.59 Å². The first kappa shape index (κ1) is 43.1. The third kappa shape index (κ3) is 7.20. The molecule has 6 unspecified atom stereocenters. The van der Waals surface area contributed by atoms with Gasteiger partial charge in [-0.15, -0.1) is 0 Å². The first-order chi connectivity index (χ1) is 27.7. The maximum Gasteiger partial charge on any atom is 0.340 e. The van der Waals surface area contributed by atoms with Crippen LogP contribution < -0.4 is 0 Å². The third-order valence-corrected chi connectivity index (χ3v) is 11.8. The number of aryl methyl sites for hydroxylation is 1. The number of carbonyl (C=O) groups excluding carboxylic acids is 7. The summed E-state index contributed by atoms with van der Waals surface area (Å²) in [6, 6.07) is 10.4. The summed E-state index contributed by atoms with van der Waals surface area (Å²) >= 11 is 0. The van der Waals surface area contributed by atoms with Crippen LogP contribution in [0.5, 0.6) is 0 Å². The number of cyclic esters (lactones) is 1. The number of aromatic nitrogens is 1. The van der Waals surface area contributed by atoms with E-state index in [1.807, 2.05) is 0 Å². The minimum Gasteiger partial charge on any atom is -0.465 e. The largest absolute Gasteiger partial charge is 0.465 e. The SMILES string of the molecule is CC(=O)OC[C@]12C(OC(C)=O)C(OC(C)=O)[C@@H]3C(O)[C@@]14O[C@@]3(C)COC(=O)c1cccnc1CCC(C)C(=O)O[C@H](C(OC(C)=O)C2OC(=O)c1ccccc1)[C@]4(C)O. The summed E-state index contributed by atoms with van der Waals surface area (Å²) in [5.74, 6) is -9.51. The standard InChI is InChI=1S/C41H47NO17/c1-20-15-16-27-26(14-11-17-42-27)37(50)53-18-38(6)28-29(54-22(3)44)33(56-24(5)46)40(19-52-21(2)43)34(58-36(49)25-12-9-8-10-13-25)30(55-23(4)45)32(57-35(20)48)39(7,51)41(40,59-38)31(28)47/h8-14,17,20,28-34,47,51H,15-16,18-19H2,1-7H3/t20?,28-,29?,30?,31?,32-,33?,34?,38+,39+,40-,41+/m1/s1. The average Bonchev–Trinajstić information content (AvgIpc) is 3.37. The van der Waals surface area contributed by atoms with Crippen LogP contribution in [0, 0.1) is 17.3 Å². The molecule has 59 heavy (non-hydrogen) atoms. The molecule has 1 aromatic carbocycles. The number of nitrogens with zero attached hydrogens (tertiary/aromatic N) is 1. The normalized spacial score (nSPS) is 36.3. The number of hydrogen-bond acceptors (Lipinski definition) is 18. The minimum absolute atomic E-state index is 0.0401. The van der Waals surface area contributed by atoms with Gasteiger partial charge in [-0.3, -0.25) is 29.0 Å². The van der Waals surface area contributed by atoms with Gasteiger partial charge in [0.15, 0.2) is 24.4 Å². The molecule has 2 aromatic rings. The smallest absolute Gasteiger partial charge is 0.340 e.